The zero-order valence-corrected chi connectivity index (χ0v) is 13.1. The summed E-state index contributed by atoms with van der Waals surface area (Å²) in [7, 11) is 0. The molecule has 0 aromatic carbocycles. The second kappa shape index (κ2) is 6.39. The maximum absolute atomic E-state index is 6.01. The van der Waals surface area contributed by atoms with Crippen LogP contribution in [0.25, 0.3) is 0 Å². The van der Waals surface area contributed by atoms with Crippen LogP contribution in [0.5, 0.6) is 0 Å². The molecule has 0 aliphatic heterocycles. The first kappa shape index (κ1) is 15.0. The van der Waals surface area contributed by atoms with Crippen molar-refractivity contribution in [3.05, 3.63) is 11.4 Å². The fraction of sp³-hybridized carbons (Fsp3) is 0.733. The summed E-state index contributed by atoms with van der Waals surface area (Å²) >= 11 is 0. The number of nitrogen functional groups attached to an aromatic ring is 1. The van der Waals surface area contributed by atoms with Gasteiger partial charge in [-0.25, -0.2) is 9.97 Å². The van der Waals surface area contributed by atoms with Crippen molar-refractivity contribution in [3.63, 3.8) is 0 Å². The number of anilines is 2. The van der Waals surface area contributed by atoms with Gasteiger partial charge in [0, 0.05) is 24.1 Å². The average molecular weight is 277 g/mol. The molecule has 1 saturated carbocycles. The van der Waals surface area contributed by atoms with Gasteiger partial charge in [-0.3, -0.25) is 0 Å². The Hall–Kier alpha value is -1.36. The lowest BCUT2D eigenvalue weighted by Crippen LogP contribution is -2.35. The average Bonchev–Trinajstić information content (AvgIpc) is 3.25. The van der Waals surface area contributed by atoms with Crippen LogP contribution in [0.4, 0.5) is 11.6 Å². The summed E-state index contributed by atoms with van der Waals surface area (Å²) in [6, 6.07) is 0.343. The Labute approximate surface area is 122 Å². The standard InChI is InChI=1S/C15H27N5/c1-5-20(6-2)9-10(3)17-14-11(4)13(16)18-15(19-14)12-7-8-12/h10,12H,5-9H2,1-4H3,(H3,16,17,18,19). The molecular formula is C15H27N5. The highest BCUT2D eigenvalue weighted by Gasteiger charge is 2.28. The van der Waals surface area contributed by atoms with Gasteiger partial charge in [-0.1, -0.05) is 13.8 Å². The fourth-order valence-corrected chi connectivity index (χ4v) is 2.36. The maximum Gasteiger partial charge on any atom is 0.136 e. The van der Waals surface area contributed by atoms with Gasteiger partial charge in [-0.05, 0) is 39.8 Å². The van der Waals surface area contributed by atoms with Crippen LogP contribution < -0.4 is 11.1 Å². The van der Waals surface area contributed by atoms with Crippen molar-refractivity contribution in [2.24, 2.45) is 0 Å². The molecule has 0 saturated heterocycles. The molecule has 0 amide bonds. The molecule has 20 heavy (non-hydrogen) atoms. The van der Waals surface area contributed by atoms with E-state index in [1.807, 2.05) is 6.92 Å². The number of hydrogen-bond donors (Lipinski definition) is 2. The number of nitrogens with two attached hydrogens (primary N) is 1. The van der Waals surface area contributed by atoms with E-state index < -0.39 is 0 Å². The van der Waals surface area contributed by atoms with E-state index in [1.54, 1.807) is 0 Å². The smallest absolute Gasteiger partial charge is 0.136 e. The molecule has 112 valence electrons. The Balaban J connectivity index is 2.07. The largest absolute Gasteiger partial charge is 0.383 e. The molecule has 1 heterocycles. The van der Waals surface area contributed by atoms with E-state index >= 15 is 0 Å². The SMILES string of the molecule is CCN(CC)CC(C)Nc1nc(C2CC2)nc(N)c1C. The van der Waals surface area contributed by atoms with E-state index in [4.69, 9.17) is 5.73 Å². The molecule has 1 aromatic rings. The first-order valence-corrected chi connectivity index (χ1v) is 7.68. The molecule has 0 radical (unpaired) electrons. The normalized spacial score (nSPS) is 16.4. The second-order valence-electron chi connectivity index (χ2n) is 5.75. The third kappa shape index (κ3) is 3.60. The highest BCUT2D eigenvalue weighted by molar-refractivity contribution is 5.55. The second-order valence-corrected chi connectivity index (χ2v) is 5.75. The van der Waals surface area contributed by atoms with Crippen molar-refractivity contribution < 1.29 is 0 Å². The van der Waals surface area contributed by atoms with Gasteiger partial charge in [-0.2, -0.15) is 0 Å². The minimum absolute atomic E-state index is 0.343. The van der Waals surface area contributed by atoms with Crippen LogP contribution in [-0.2, 0) is 0 Å². The van der Waals surface area contributed by atoms with Crippen LogP contribution in [0.2, 0.25) is 0 Å². The molecule has 5 nitrogen and oxygen atoms in total. The zero-order valence-electron chi connectivity index (χ0n) is 13.1. The Morgan fingerprint density at radius 1 is 1.30 bits per heavy atom. The van der Waals surface area contributed by atoms with Crippen molar-refractivity contribution >= 4 is 11.6 Å². The summed E-state index contributed by atoms with van der Waals surface area (Å²) in [5, 5.41) is 3.50. The van der Waals surface area contributed by atoms with Gasteiger partial charge in [0.2, 0.25) is 0 Å². The molecular weight excluding hydrogens is 250 g/mol. The topological polar surface area (TPSA) is 67.1 Å². The minimum atomic E-state index is 0.343. The molecule has 1 fully saturated rings. The fourth-order valence-electron chi connectivity index (χ4n) is 2.36. The Kier molecular flexibility index (Phi) is 4.81. The van der Waals surface area contributed by atoms with Gasteiger partial charge in [0.1, 0.15) is 17.5 Å². The van der Waals surface area contributed by atoms with E-state index in [-0.39, 0.29) is 0 Å². The quantitative estimate of drug-likeness (QED) is 0.801. The first-order valence-electron chi connectivity index (χ1n) is 7.68. The molecule has 2 rings (SSSR count). The summed E-state index contributed by atoms with van der Waals surface area (Å²) < 4.78 is 0. The highest BCUT2D eigenvalue weighted by atomic mass is 15.2. The lowest BCUT2D eigenvalue weighted by Gasteiger charge is -2.24. The number of nitrogens with zero attached hydrogens (tertiary/aromatic N) is 3. The van der Waals surface area contributed by atoms with Crippen molar-refractivity contribution in [3.8, 4) is 0 Å². The van der Waals surface area contributed by atoms with Gasteiger partial charge >= 0.3 is 0 Å². The lowest BCUT2D eigenvalue weighted by molar-refractivity contribution is 0.294. The molecule has 1 atom stereocenters. The Bertz CT molecular complexity index is 452. The van der Waals surface area contributed by atoms with Crippen LogP contribution >= 0.6 is 0 Å². The summed E-state index contributed by atoms with van der Waals surface area (Å²) in [4.78, 5) is 11.5. The maximum atomic E-state index is 6.01. The van der Waals surface area contributed by atoms with E-state index in [0.29, 0.717) is 17.8 Å². The van der Waals surface area contributed by atoms with E-state index in [2.05, 4.69) is 41.0 Å². The molecule has 0 bridgehead atoms. The number of aromatic nitrogens is 2. The van der Waals surface area contributed by atoms with Gasteiger partial charge in [0.25, 0.3) is 0 Å². The highest BCUT2D eigenvalue weighted by Crippen LogP contribution is 2.39. The van der Waals surface area contributed by atoms with Crippen LogP contribution in [0.3, 0.4) is 0 Å². The van der Waals surface area contributed by atoms with Gasteiger partial charge in [-0.15, -0.1) is 0 Å². The third-order valence-corrected chi connectivity index (χ3v) is 3.95. The van der Waals surface area contributed by atoms with Gasteiger partial charge < -0.3 is 16.0 Å². The van der Waals surface area contributed by atoms with Gasteiger partial charge in [0.05, 0.1) is 0 Å². The van der Waals surface area contributed by atoms with Crippen molar-refractivity contribution in [1.29, 1.82) is 0 Å². The third-order valence-electron chi connectivity index (χ3n) is 3.95. The van der Waals surface area contributed by atoms with Crippen LogP contribution in [0.1, 0.15) is 50.9 Å². The Morgan fingerprint density at radius 3 is 2.50 bits per heavy atom. The predicted molar refractivity (Wildman–Crippen MR) is 84.0 cm³/mol. The summed E-state index contributed by atoms with van der Waals surface area (Å²) in [6.07, 6.45) is 2.38. The first-order chi connectivity index (χ1) is 9.55. The van der Waals surface area contributed by atoms with E-state index in [9.17, 15) is 0 Å². The lowest BCUT2D eigenvalue weighted by atomic mass is 10.2. The predicted octanol–water partition coefficient (Wildman–Crippen LogP) is 2.39. The van der Waals surface area contributed by atoms with Crippen molar-refractivity contribution in [1.82, 2.24) is 14.9 Å². The van der Waals surface area contributed by atoms with Crippen LogP contribution in [0, 0.1) is 6.92 Å². The zero-order chi connectivity index (χ0) is 14.7. The molecule has 1 aliphatic rings. The monoisotopic (exact) mass is 277 g/mol. The minimum Gasteiger partial charge on any atom is -0.383 e. The molecule has 1 aromatic heterocycles. The number of likely N-dealkylation sites (N-methyl/N-ethyl adjacent to an activating group) is 1. The summed E-state index contributed by atoms with van der Waals surface area (Å²) in [6.45, 7) is 11.7. The molecule has 0 spiro atoms. The summed E-state index contributed by atoms with van der Waals surface area (Å²) in [5.41, 5.74) is 6.97. The van der Waals surface area contributed by atoms with E-state index in [0.717, 1.165) is 36.8 Å². The molecule has 5 heteroatoms. The van der Waals surface area contributed by atoms with Crippen molar-refractivity contribution in [2.45, 2.75) is 52.5 Å². The number of nitrogens with one attached hydrogen (secondary N) is 1. The van der Waals surface area contributed by atoms with Crippen LogP contribution in [0.15, 0.2) is 0 Å². The van der Waals surface area contributed by atoms with E-state index in [1.165, 1.54) is 12.8 Å². The van der Waals surface area contributed by atoms with Crippen LogP contribution in [-0.4, -0.2) is 40.5 Å². The molecule has 1 aliphatic carbocycles. The number of hydrogen-bond acceptors (Lipinski definition) is 5. The summed E-state index contributed by atoms with van der Waals surface area (Å²) in [5.74, 6) is 2.95. The van der Waals surface area contributed by atoms with Gasteiger partial charge in [0.15, 0.2) is 0 Å². The molecule has 3 N–H and O–H groups in total. The van der Waals surface area contributed by atoms with Crippen molar-refractivity contribution in [2.75, 3.05) is 30.7 Å². The number of rotatable bonds is 7. The molecule has 1 unspecified atom stereocenters. The Morgan fingerprint density at radius 2 is 1.95 bits per heavy atom.